The minimum absolute atomic E-state index is 0.413. The largest absolute Gasteiger partial charge is 0.296 e. The normalized spacial score (nSPS) is 18.5. The Bertz CT molecular complexity index is 833. The van der Waals surface area contributed by atoms with Crippen LogP contribution in [0, 0.1) is 0 Å². The molecule has 2 nitrogen and oxygen atoms in total. The smallest absolute Gasteiger partial charge is 0.0479 e. The van der Waals surface area contributed by atoms with Crippen LogP contribution >= 0.6 is 15.9 Å². The first-order chi connectivity index (χ1) is 13.3. The molecule has 1 atom stereocenters. The Morgan fingerprint density at radius 1 is 0.704 bits per heavy atom. The first-order valence-corrected chi connectivity index (χ1v) is 10.4. The quantitative estimate of drug-likeness (QED) is 0.536. The lowest BCUT2D eigenvalue weighted by Crippen LogP contribution is -2.47. The summed E-state index contributed by atoms with van der Waals surface area (Å²) in [7, 11) is 0. The van der Waals surface area contributed by atoms with Gasteiger partial charge in [-0.2, -0.15) is 0 Å². The molecule has 3 heteroatoms. The molecule has 0 bridgehead atoms. The third-order valence-electron chi connectivity index (χ3n) is 5.31. The summed E-state index contributed by atoms with van der Waals surface area (Å²) < 4.78 is 1.14. The highest BCUT2D eigenvalue weighted by Crippen LogP contribution is 2.29. The maximum atomic E-state index is 3.57. The number of piperazine rings is 1. The number of halogens is 1. The summed E-state index contributed by atoms with van der Waals surface area (Å²) >= 11 is 3.57. The zero-order chi connectivity index (χ0) is 18.5. The van der Waals surface area contributed by atoms with Crippen molar-refractivity contribution in [3.05, 3.63) is 106 Å². The molecular formula is C24H25BrN2. The summed E-state index contributed by atoms with van der Waals surface area (Å²) in [5, 5.41) is 0. The SMILES string of the molecule is Brc1ccc([C@H]2CN(Cc3ccccc3)CCN2Cc2ccccc2)cc1. The molecule has 3 aromatic rings. The molecule has 4 rings (SSSR count). The molecule has 0 spiro atoms. The topological polar surface area (TPSA) is 6.48 Å². The van der Waals surface area contributed by atoms with Crippen molar-refractivity contribution >= 4 is 15.9 Å². The fourth-order valence-electron chi connectivity index (χ4n) is 3.87. The van der Waals surface area contributed by atoms with E-state index in [1.165, 1.54) is 16.7 Å². The van der Waals surface area contributed by atoms with Gasteiger partial charge in [0, 0.05) is 43.2 Å². The molecule has 1 aliphatic heterocycles. The number of rotatable bonds is 5. The van der Waals surface area contributed by atoms with Crippen molar-refractivity contribution < 1.29 is 0 Å². The van der Waals surface area contributed by atoms with Gasteiger partial charge in [-0.3, -0.25) is 9.80 Å². The maximum Gasteiger partial charge on any atom is 0.0479 e. The number of nitrogens with zero attached hydrogens (tertiary/aromatic N) is 2. The van der Waals surface area contributed by atoms with E-state index in [4.69, 9.17) is 0 Å². The van der Waals surface area contributed by atoms with Crippen molar-refractivity contribution in [2.24, 2.45) is 0 Å². The van der Waals surface area contributed by atoms with Crippen molar-refractivity contribution in [2.45, 2.75) is 19.1 Å². The van der Waals surface area contributed by atoms with Crippen LogP contribution in [-0.4, -0.2) is 29.4 Å². The second-order valence-corrected chi connectivity index (χ2v) is 8.16. The summed E-state index contributed by atoms with van der Waals surface area (Å²) in [5.41, 5.74) is 4.17. The van der Waals surface area contributed by atoms with E-state index in [1.54, 1.807) is 0 Å². The van der Waals surface area contributed by atoms with Gasteiger partial charge in [0.2, 0.25) is 0 Å². The zero-order valence-electron chi connectivity index (χ0n) is 15.5. The maximum absolute atomic E-state index is 3.57. The zero-order valence-corrected chi connectivity index (χ0v) is 17.1. The highest BCUT2D eigenvalue weighted by atomic mass is 79.9. The summed E-state index contributed by atoms with van der Waals surface area (Å²) in [6, 6.07) is 30.9. The van der Waals surface area contributed by atoms with Crippen LogP contribution in [0.25, 0.3) is 0 Å². The van der Waals surface area contributed by atoms with E-state index < -0.39 is 0 Å². The Hall–Kier alpha value is -1.94. The van der Waals surface area contributed by atoms with Gasteiger partial charge in [0.15, 0.2) is 0 Å². The van der Waals surface area contributed by atoms with Crippen LogP contribution in [0.15, 0.2) is 89.4 Å². The first-order valence-electron chi connectivity index (χ1n) is 9.58. The van der Waals surface area contributed by atoms with Gasteiger partial charge in [0.1, 0.15) is 0 Å². The van der Waals surface area contributed by atoms with Crippen molar-refractivity contribution in [3.8, 4) is 0 Å². The first kappa shape index (κ1) is 18.4. The molecule has 0 radical (unpaired) electrons. The lowest BCUT2D eigenvalue weighted by Gasteiger charge is -2.42. The molecule has 0 aromatic heterocycles. The number of hydrogen-bond acceptors (Lipinski definition) is 2. The van der Waals surface area contributed by atoms with Gasteiger partial charge in [-0.1, -0.05) is 88.7 Å². The third kappa shape index (κ3) is 4.86. The summed E-state index contributed by atoms with van der Waals surface area (Å²) in [4.78, 5) is 5.21. The second kappa shape index (κ2) is 8.83. The highest BCUT2D eigenvalue weighted by molar-refractivity contribution is 9.10. The van der Waals surface area contributed by atoms with Gasteiger partial charge in [-0.15, -0.1) is 0 Å². The van der Waals surface area contributed by atoms with Crippen molar-refractivity contribution in [3.63, 3.8) is 0 Å². The molecule has 0 unspecified atom stereocenters. The Balaban J connectivity index is 1.53. The molecule has 0 amide bonds. The molecule has 0 aliphatic carbocycles. The average Bonchev–Trinajstić information content (AvgIpc) is 2.71. The predicted octanol–water partition coefficient (Wildman–Crippen LogP) is 5.51. The van der Waals surface area contributed by atoms with Gasteiger partial charge in [0.25, 0.3) is 0 Å². The predicted molar refractivity (Wildman–Crippen MR) is 115 cm³/mol. The Morgan fingerprint density at radius 3 is 1.93 bits per heavy atom. The monoisotopic (exact) mass is 420 g/mol. The molecule has 0 N–H and O–H groups in total. The minimum atomic E-state index is 0.413. The van der Waals surface area contributed by atoms with E-state index in [0.29, 0.717) is 6.04 Å². The fraction of sp³-hybridized carbons (Fsp3) is 0.250. The fourth-order valence-corrected chi connectivity index (χ4v) is 4.13. The lowest BCUT2D eigenvalue weighted by atomic mass is 10.0. The van der Waals surface area contributed by atoms with E-state index in [1.807, 2.05) is 0 Å². The van der Waals surface area contributed by atoms with Crippen LogP contribution in [0.5, 0.6) is 0 Å². The van der Waals surface area contributed by atoms with Gasteiger partial charge >= 0.3 is 0 Å². The molecule has 1 fully saturated rings. The van der Waals surface area contributed by atoms with Gasteiger partial charge in [0.05, 0.1) is 0 Å². The minimum Gasteiger partial charge on any atom is -0.296 e. The molecule has 3 aromatic carbocycles. The molecule has 1 heterocycles. The third-order valence-corrected chi connectivity index (χ3v) is 5.84. The molecular weight excluding hydrogens is 396 g/mol. The van der Waals surface area contributed by atoms with Crippen LogP contribution in [-0.2, 0) is 13.1 Å². The van der Waals surface area contributed by atoms with Crippen molar-refractivity contribution in [1.29, 1.82) is 0 Å². The van der Waals surface area contributed by atoms with Crippen molar-refractivity contribution in [1.82, 2.24) is 9.80 Å². The molecule has 1 aliphatic rings. The Kier molecular flexibility index (Phi) is 6.03. The number of hydrogen-bond donors (Lipinski definition) is 0. The Labute approximate surface area is 170 Å². The average molecular weight is 421 g/mol. The van der Waals surface area contributed by atoms with Crippen LogP contribution in [0.2, 0.25) is 0 Å². The second-order valence-electron chi connectivity index (χ2n) is 7.24. The summed E-state index contributed by atoms with van der Waals surface area (Å²) in [5.74, 6) is 0. The van der Waals surface area contributed by atoms with E-state index >= 15 is 0 Å². The van der Waals surface area contributed by atoms with Gasteiger partial charge in [-0.25, -0.2) is 0 Å². The molecule has 0 saturated carbocycles. The molecule has 1 saturated heterocycles. The Morgan fingerprint density at radius 2 is 1.30 bits per heavy atom. The van der Waals surface area contributed by atoms with Crippen LogP contribution in [0.4, 0.5) is 0 Å². The van der Waals surface area contributed by atoms with Gasteiger partial charge in [-0.05, 0) is 28.8 Å². The number of benzene rings is 3. The lowest BCUT2D eigenvalue weighted by molar-refractivity contribution is 0.0636. The van der Waals surface area contributed by atoms with Crippen molar-refractivity contribution in [2.75, 3.05) is 19.6 Å². The van der Waals surface area contributed by atoms with E-state index in [2.05, 4.69) is 111 Å². The van der Waals surface area contributed by atoms with Crippen LogP contribution < -0.4 is 0 Å². The standard InChI is InChI=1S/C24H25BrN2/c25-23-13-11-22(12-14-23)24-19-26(17-20-7-3-1-4-8-20)15-16-27(24)18-21-9-5-2-6-10-21/h1-14,24H,15-19H2/t24-/m1/s1. The van der Waals surface area contributed by atoms with Crippen LogP contribution in [0.3, 0.4) is 0 Å². The summed E-state index contributed by atoms with van der Waals surface area (Å²) in [6.45, 7) is 5.27. The molecule has 27 heavy (non-hydrogen) atoms. The van der Waals surface area contributed by atoms with E-state index in [0.717, 1.165) is 37.2 Å². The van der Waals surface area contributed by atoms with Gasteiger partial charge < -0.3 is 0 Å². The van der Waals surface area contributed by atoms with E-state index in [-0.39, 0.29) is 0 Å². The summed E-state index contributed by atoms with van der Waals surface area (Å²) in [6.07, 6.45) is 0. The van der Waals surface area contributed by atoms with E-state index in [9.17, 15) is 0 Å². The highest BCUT2D eigenvalue weighted by Gasteiger charge is 2.28. The van der Waals surface area contributed by atoms with Crippen LogP contribution in [0.1, 0.15) is 22.7 Å². The molecule has 138 valence electrons.